The lowest BCUT2D eigenvalue weighted by Gasteiger charge is -2.30. The SMILES string of the molecule is COc1ccc([C@H]2Nc3ccccc3NC3=C2C(=O)C[C@H](c2ccc(C)cc2)C3)cc1OC. The Kier molecular flexibility index (Phi) is 5.55. The Morgan fingerprint density at radius 1 is 0.818 bits per heavy atom. The van der Waals surface area contributed by atoms with Crippen molar-refractivity contribution in [3.8, 4) is 11.5 Å². The van der Waals surface area contributed by atoms with Crippen LogP contribution in [0.1, 0.15) is 41.5 Å². The number of aryl methyl sites for hydroxylation is 1. The van der Waals surface area contributed by atoms with Gasteiger partial charge in [-0.1, -0.05) is 48.0 Å². The molecule has 0 unspecified atom stereocenters. The van der Waals surface area contributed by atoms with Gasteiger partial charge in [0.1, 0.15) is 0 Å². The van der Waals surface area contributed by atoms with Gasteiger partial charge in [-0.25, -0.2) is 0 Å². The Balaban J connectivity index is 1.61. The molecule has 1 heterocycles. The van der Waals surface area contributed by atoms with E-state index in [1.807, 2.05) is 42.5 Å². The number of rotatable bonds is 4. The van der Waals surface area contributed by atoms with Crippen LogP contribution in [0, 0.1) is 6.92 Å². The summed E-state index contributed by atoms with van der Waals surface area (Å²) in [5.41, 5.74) is 7.10. The zero-order valence-electron chi connectivity index (χ0n) is 19.1. The van der Waals surface area contributed by atoms with E-state index in [9.17, 15) is 4.79 Å². The largest absolute Gasteiger partial charge is 0.493 e. The number of ketones is 1. The zero-order valence-corrected chi connectivity index (χ0v) is 19.1. The maximum absolute atomic E-state index is 13.7. The van der Waals surface area contributed by atoms with Crippen LogP contribution in [-0.2, 0) is 4.79 Å². The molecule has 168 valence electrons. The molecule has 3 aromatic rings. The van der Waals surface area contributed by atoms with E-state index >= 15 is 0 Å². The number of Topliss-reactive ketones (excluding diaryl/α,β-unsaturated/α-hetero) is 1. The highest BCUT2D eigenvalue weighted by molar-refractivity contribution is 6.01. The van der Waals surface area contributed by atoms with E-state index in [1.54, 1.807) is 14.2 Å². The summed E-state index contributed by atoms with van der Waals surface area (Å²) < 4.78 is 11.0. The van der Waals surface area contributed by atoms with Crippen LogP contribution in [0.3, 0.4) is 0 Å². The number of carbonyl (C=O) groups is 1. The maximum Gasteiger partial charge on any atom is 0.163 e. The Bertz CT molecular complexity index is 1230. The highest BCUT2D eigenvalue weighted by Gasteiger charge is 2.36. The average Bonchev–Trinajstić information content (AvgIpc) is 3.01. The van der Waals surface area contributed by atoms with E-state index in [2.05, 4.69) is 41.8 Å². The minimum atomic E-state index is -0.289. The standard InChI is InChI=1S/C28H28N2O3/c1-17-8-10-18(11-9-17)20-14-23-27(24(31)15-20)28(30-22-7-5-4-6-21(22)29-23)19-12-13-25(32-2)26(16-19)33-3/h4-13,16,20,28-30H,14-15H2,1-3H3/t20-,28-/m1/s1. The first kappa shape index (κ1) is 21.1. The van der Waals surface area contributed by atoms with Gasteiger partial charge in [-0.3, -0.25) is 4.79 Å². The molecule has 33 heavy (non-hydrogen) atoms. The lowest BCUT2D eigenvalue weighted by molar-refractivity contribution is -0.116. The van der Waals surface area contributed by atoms with Gasteiger partial charge in [0, 0.05) is 17.7 Å². The topological polar surface area (TPSA) is 59.6 Å². The number of allylic oxidation sites excluding steroid dienone is 1. The summed E-state index contributed by atoms with van der Waals surface area (Å²) in [5, 5.41) is 7.21. The Labute approximate surface area is 194 Å². The molecule has 0 fully saturated rings. The van der Waals surface area contributed by atoms with Crippen molar-refractivity contribution < 1.29 is 14.3 Å². The second kappa shape index (κ2) is 8.66. The molecule has 0 radical (unpaired) electrons. The molecule has 0 amide bonds. The molecule has 0 saturated carbocycles. The fourth-order valence-corrected chi connectivity index (χ4v) is 4.85. The number of fused-ring (bicyclic) bond motifs is 1. The fourth-order valence-electron chi connectivity index (χ4n) is 4.85. The Morgan fingerprint density at radius 3 is 2.24 bits per heavy atom. The van der Waals surface area contributed by atoms with Gasteiger partial charge in [0.05, 0.1) is 31.6 Å². The third-order valence-electron chi connectivity index (χ3n) is 6.60. The second-order valence-corrected chi connectivity index (χ2v) is 8.69. The molecule has 5 nitrogen and oxygen atoms in total. The molecule has 0 bridgehead atoms. The summed E-state index contributed by atoms with van der Waals surface area (Å²) in [5.74, 6) is 1.62. The van der Waals surface area contributed by atoms with E-state index in [-0.39, 0.29) is 17.7 Å². The van der Waals surface area contributed by atoms with Gasteiger partial charge >= 0.3 is 0 Å². The van der Waals surface area contributed by atoms with E-state index in [4.69, 9.17) is 9.47 Å². The first-order chi connectivity index (χ1) is 16.1. The summed E-state index contributed by atoms with van der Waals surface area (Å²) in [7, 11) is 3.25. The molecule has 5 heteroatoms. The molecular weight excluding hydrogens is 412 g/mol. The molecule has 0 saturated heterocycles. The normalized spacial score (nSPS) is 19.5. The lowest BCUT2D eigenvalue weighted by Crippen LogP contribution is -2.26. The van der Waals surface area contributed by atoms with Crippen LogP contribution in [0.5, 0.6) is 11.5 Å². The summed E-state index contributed by atoms with van der Waals surface area (Å²) >= 11 is 0. The smallest absolute Gasteiger partial charge is 0.163 e. The maximum atomic E-state index is 13.7. The number of hydrogen-bond acceptors (Lipinski definition) is 5. The molecule has 0 spiro atoms. The number of para-hydroxylation sites is 2. The highest BCUT2D eigenvalue weighted by Crippen LogP contribution is 2.45. The van der Waals surface area contributed by atoms with Gasteiger partial charge in [-0.05, 0) is 54.7 Å². The quantitative estimate of drug-likeness (QED) is 0.522. The Hall–Kier alpha value is -3.73. The molecule has 0 aromatic heterocycles. The first-order valence-corrected chi connectivity index (χ1v) is 11.2. The number of nitrogens with one attached hydrogen (secondary N) is 2. The summed E-state index contributed by atoms with van der Waals surface area (Å²) in [6, 6.07) is 22.2. The van der Waals surface area contributed by atoms with Crippen LogP contribution in [0.25, 0.3) is 0 Å². The molecule has 2 atom stereocenters. The molecule has 5 rings (SSSR count). The molecule has 2 aliphatic rings. The van der Waals surface area contributed by atoms with Crippen molar-refractivity contribution in [1.29, 1.82) is 0 Å². The molecular formula is C28H28N2O3. The van der Waals surface area contributed by atoms with Crippen LogP contribution in [0.4, 0.5) is 11.4 Å². The predicted octanol–water partition coefficient (Wildman–Crippen LogP) is 5.99. The van der Waals surface area contributed by atoms with Crippen LogP contribution in [0.2, 0.25) is 0 Å². The van der Waals surface area contributed by atoms with Crippen molar-refractivity contribution in [2.75, 3.05) is 24.9 Å². The monoisotopic (exact) mass is 440 g/mol. The second-order valence-electron chi connectivity index (χ2n) is 8.69. The van der Waals surface area contributed by atoms with Crippen molar-refractivity contribution in [2.24, 2.45) is 0 Å². The number of ether oxygens (including phenoxy) is 2. The first-order valence-electron chi connectivity index (χ1n) is 11.2. The Morgan fingerprint density at radius 2 is 1.52 bits per heavy atom. The average molecular weight is 441 g/mol. The number of hydrogen-bond donors (Lipinski definition) is 2. The number of carbonyl (C=O) groups excluding carboxylic acids is 1. The van der Waals surface area contributed by atoms with Gasteiger partial charge in [-0.15, -0.1) is 0 Å². The van der Waals surface area contributed by atoms with Crippen molar-refractivity contribution in [3.63, 3.8) is 0 Å². The van der Waals surface area contributed by atoms with Gasteiger partial charge < -0.3 is 20.1 Å². The molecule has 1 aliphatic carbocycles. The van der Waals surface area contributed by atoms with E-state index in [0.717, 1.165) is 34.6 Å². The minimum absolute atomic E-state index is 0.153. The van der Waals surface area contributed by atoms with Crippen LogP contribution >= 0.6 is 0 Å². The van der Waals surface area contributed by atoms with Crippen molar-refractivity contribution in [1.82, 2.24) is 0 Å². The highest BCUT2D eigenvalue weighted by atomic mass is 16.5. The van der Waals surface area contributed by atoms with Crippen LogP contribution < -0.4 is 20.1 Å². The van der Waals surface area contributed by atoms with Crippen molar-refractivity contribution in [2.45, 2.75) is 31.7 Å². The molecule has 2 N–H and O–H groups in total. The van der Waals surface area contributed by atoms with Crippen LogP contribution in [0.15, 0.2) is 78.0 Å². The third-order valence-corrected chi connectivity index (χ3v) is 6.60. The molecule has 3 aromatic carbocycles. The van der Waals surface area contributed by atoms with E-state index in [1.165, 1.54) is 11.1 Å². The van der Waals surface area contributed by atoms with Crippen molar-refractivity contribution >= 4 is 17.2 Å². The minimum Gasteiger partial charge on any atom is -0.493 e. The van der Waals surface area contributed by atoms with Crippen molar-refractivity contribution in [3.05, 3.63) is 94.7 Å². The summed E-state index contributed by atoms with van der Waals surface area (Å²) in [6.07, 6.45) is 1.27. The van der Waals surface area contributed by atoms with Gasteiger partial charge in [0.15, 0.2) is 17.3 Å². The van der Waals surface area contributed by atoms with Gasteiger partial charge in [0.25, 0.3) is 0 Å². The third kappa shape index (κ3) is 3.95. The number of benzene rings is 3. The van der Waals surface area contributed by atoms with E-state index in [0.29, 0.717) is 17.9 Å². The van der Waals surface area contributed by atoms with Crippen LogP contribution in [-0.4, -0.2) is 20.0 Å². The van der Waals surface area contributed by atoms with Gasteiger partial charge in [-0.2, -0.15) is 0 Å². The molecule has 1 aliphatic heterocycles. The van der Waals surface area contributed by atoms with E-state index < -0.39 is 0 Å². The van der Waals surface area contributed by atoms with Gasteiger partial charge in [0.2, 0.25) is 0 Å². The summed E-state index contributed by atoms with van der Waals surface area (Å²) in [4.78, 5) is 13.7. The predicted molar refractivity (Wildman–Crippen MR) is 131 cm³/mol. The fraction of sp³-hybridized carbons (Fsp3) is 0.250. The number of methoxy groups -OCH3 is 2. The number of anilines is 2. The lowest BCUT2D eigenvalue weighted by atomic mass is 9.78. The zero-order chi connectivity index (χ0) is 22.9. The summed E-state index contributed by atoms with van der Waals surface area (Å²) in [6.45, 7) is 2.08.